The van der Waals surface area contributed by atoms with Crippen LogP contribution < -0.4 is 5.73 Å². The smallest absolute Gasteiger partial charge is 0.109 e. The zero-order valence-electron chi connectivity index (χ0n) is 6.90. The van der Waals surface area contributed by atoms with Crippen molar-refractivity contribution in [3.05, 3.63) is 35.4 Å². The molecule has 0 heterocycles. The van der Waals surface area contributed by atoms with Crippen molar-refractivity contribution in [1.82, 2.24) is 0 Å². The highest BCUT2D eigenvalue weighted by Crippen LogP contribution is 2.11. The van der Waals surface area contributed by atoms with E-state index in [9.17, 15) is 4.39 Å². The summed E-state index contributed by atoms with van der Waals surface area (Å²) < 4.78 is 12.1. The van der Waals surface area contributed by atoms with Crippen LogP contribution in [0.5, 0.6) is 0 Å². The van der Waals surface area contributed by atoms with Crippen molar-refractivity contribution in [2.45, 2.75) is 6.04 Å². The van der Waals surface area contributed by atoms with Gasteiger partial charge in [-0.2, -0.15) is 5.26 Å². The van der Waals surface area contributed by atoms with Crippen LogP contribution in [-0.2, 0) is 0 Å². The van der Waals surface area contributed by atoms with Gasteiger partial charge in [0.25, 0.3) is 0 Å². The molecule has 70 valence electrons. The lowest BCUT2D eigenvalue weighted by molar-refractivity contribution is 0.437. The minimum Gasteiger partial charge on any atom is -0.322 e. The first-order chi connectivity index (χ1) is 5.77. The highest BCUT2D eigenvalue weighted by atomic mass is 35.5. The third kappa shape index (κ3) is 3.02. The molecule has 1 atom stereocenters. The van der Waals surface area contributed by atoms with E-state index < -0.39 is 12.7 Å². The van der Waals surface area contributed by atoms with Gasteiger partial charge in [-0.3, -0.25) is 0 Å². The predicted octanol–water partition coefficient (Wildman–Crippen LogP) is 1.95. The summed E-state index contributed by atoms with van der Waals surface area (Å²) in [4.78, 5) is 0. The number of hydrogen-bond donors (Lipinski definition) is 1. The van der Waals surface area contributed by atoms with Crippen LogP contribution >= 0.6 is 12.4 Å². The lowest BCUT2D eigenvalue weighted by Crippen LogP contribution is -2.11. The molecule has 0 aliphatic carbocycles. The normalized spacial score (nSPS) is 11.2. The summed E-state index contributed by atoms with van der Waals surface area (Å²) in [6.45, 7) is -0.602. The van der Waals surface area contributed by atoms with Gasteiger partial charge in [0.2, 0.25) is 0 Å². The Balaban J connectivity index is 0.00000144. The van der Waals surface area contributed by atoms with Crippen molar-refractivity contribution >= 4 is 12.4 Å². The molecule has 13 heavy (non-hydrogen) atoms. The van der Waals surface area contributed by atoms with Crippen LogP contribution in [0.2, 0.25) is 0 Å². The summed E-state index contributed by atoms with van der Waals surface area (Å²) >= 11 is 0. The molecule has 4 heteroatoms. The third-order valence-electron chi connectivity index (χ3n) is 1.61. The molecular weight excluding hydrogens is 191 g/mol. The summed E-state index contributed by atoms with van der Waals surface area (Å²) in [5.41, 5.74) is 6.61. The van der Waals surface area contributed by atoms with Gasteiger partial charge in [-0.1, -0.05) is 12.1 Å². The Morgan fingerprint density at radius 3 is 2.77 bits per heavy atom. The summed E-state index contributed by atoms with van der Waals surface area (Å²) in [6.07, 6.45) is 0. The van der Waals surface area contributed by atoms with Crippen molar-refractivity contribution in [2.75, 3.05) is 6.67 Å². The molecule has 1 rings (SSSR count). The molecule has 0 radical (unpaired) electrons. The number of rotatable bonds is 2. The first kappa shape index (κ1) is 11.9. The molecule has 0 spiro atoms. The van der Waals surface area contributed by atoms with Crippen LogP contribution in [-0.4, -0.2) is 6.67 Å². The highest BCUT2D eigenvalue weighted by molar-refractivity contribution is 5.85. The van der Waals surface area contributed by atoms with Crippen molar-refractivity contribution < 1.29 is 4.39 Å². The summed E-state index contributed by atoms with van der Waals surface area (Å²) in [5, 5.41) is 8.53. The van der Waals surface area contributed by atoms with E-state index in [0.717, 1.165) is 0 Å². The van der Waals surface area contributed by atoms with Crippen LogP contribution in [0.3, 0.4) is 0 Å². The van der Waals surface area contributed by atoms with E-state index in [1.54, 1.807) is 24.3 Å². The third-order valence-corrected chi connectivity index (χ3v) is 1.61. The molecular formula is C9H10ClFN2. The molecule has 0 aliphatic rings. The lowest BCUT2D eigenvalue weighted by Gasteiger charge is -2.06. The highest BCUT2D eigenvalue weighted by Gasteiger charge is 2.04. The number of nitrogens with zero attached hydrogens (tertiary/aromatic N) is 1. The fraction of sp³-hybridized carbons (Fsp3) is 0.222. The number of alkyl halides is 1. The van der Waals surface area contributed by atoms with E-state index in [-0.39, 0.29) is 12.4 Å². The Bertz CT molecular complexity index is 309. The van der Waals surface area contributed by atoms with Crippen LogP contribution in [0.15, 0.2) is 24.3 Å². The number of nitriles is 1. The number of halogens is 2. The second kappa shape index (κ2) is 5.52. The van der Waals surface area contributed by atoms with Crippen molar-refractivity contribution in [1.29, 1.82) is 5.26 Å². The molecule has 0 bridgehead atoms. The van der Waals surface area contributed by atoms with Crippen molar-refractivity contribution in [2.24, 2.45) is 5.73 Å². The first-order valence-corrected chi connectivity index (χ1v) is 3.59. The van der Waals surface area contributed by atoms with Crippen LogP contribution in [0.1, 0.15) is 17.2 Å². The minimum atomic E-state index is -0.613. The zero-order chi connectivity index (χ0) is 8.97. The largest absolute Gasteiger partial charge is 0.322 e. The van der Waals surface area contributed by atoms with Crippen LogP contribution in [0.25, 0.3) is 0 Å². The summed E-state index contributed by atoms with van der Waals surface area (Å²) in [6, 6.07) is 8.03. The Kier molecular flexibility index (Phi) is 5.05. The number of nitrogens with two attached hydrogens (primary N) is 1. The predicted molar refractivity (Wildman–Crippen MR) is 51.3 cm³/mol. The van der Waals surface area contributed by atoms with Gasteiger partial charge >= 0.3 is 0 Å². The van der Waals surface area contributed by atoms with Gasteiger partial charge in [0.15, 0.2) is 0 Å². The molecule has 2 nitrogen and oxygen atoms in total. The zero-order valence-corrected chi connectivity index (χ0v) is 7.72. The number of hydrogen-bond acceptors (Lipinski definition) is 2. The molecule has 0 saturated carbocycles. The fourth-order valence-corrected chi connectivity index (χ4v) is 0.928. The average molecular weight is 201 g/mol. The van der Waals surface area contributed by atoms with Gasteiger partial charge in [-0.25, -0.2) is 4.39 Å². The Morgan fingerprint density at radius 1 is 1.54 bits per heavy atom. The Morgan fingerprint density at radius 2 is 2.23 bits per heavy atom. The topological polar surface area (TPSA) is 49.8 Å². The monoisotopic (exact) mass is 200 g/mol. The summed E-state index contributed by atoms with van der Waals surface area (Å²) in [7, 11) is 0. The van der Waals surface area contributed by atoms with Gasteiger partial charge in [0, 0.05) is 0 Å². The molecule has 0 unspecified atom stereocenters. The molecule has 0 amide bonds. The maximum absolute atomic E-state index is 12.1. The van der Waals surface area contributed by atoms with E-state index in [1.165, 1.54) is 0 Å². The van der Waals surface area contributed by atoms with Crippen molar-refractivity contribution in [3.63, 3.8) is 0 Å². The van der Waals surface area contributed by atoms with Crippen LogP contribution in [0.4, 0.5) is 4.39 Å². The fourth-order valence-electron chi connectivity index (χ4n) is 0.928. The van der Waals surface area contributed by atoms with E-state index in [2.05, 4.69) is 0 Å². The van der Waals surface area contributed by atoms with E-state index in [1.807, 2.05) is 6.07 Å². The maximum atomic E-state index is 12.1. The average Bonchev–Trinajstić information content (AvgIpc) is 2.17. The molecule has 1 aromatic carbocycles. The lowest BCUT2D eigenvalue weighted by atomic mass is 10.1. The van der Waals surface area contributed by atoms with Gasteiger partial charge in [0.05, 0.1) is 17.7 Å². The van der Waals surface area contributed by atoms with Gasteiger partial charge < -0.3 is 5.73 Å². The molecule has 0 aliphatic heterocycles. The SMILES string of the molecule is Cl.N#Cc1cccc([C@@H](N)CF)c1. The van der Waals surface area contributed by atoms with Crippen LogP contribution in [0, 0.1) is 11.3 Å². The Hall–Kier alpha value is -1.11. The molecule has 0 aromatic heterocycles. The van der Waals surface area contributed by atoms with E-state index in [4.69, 9.17) is 11.0 Å². The number of benzene rings is 1. The molecule has 0 fully saturated rings. The standard InChI is InChI=1S/C9H9FN2.ClH/c10-5-9(12)8-3-1-2-7(4-8)6-11;/h1-4,9H,5,12H2;1H/t9-;/m0./s1. The molecule has 2 N–H and O–H groups in total. The summed E-state index contributed by atoms with van der Waals surface area (Å²) in [5.74, 6) is 0. The molecule has 1 aromatic rings. The Labute approximate surface area is 82.6 Å². The quantitative estimate of drug-likeness (QED) is 0.794. The molecule has 0 saturated heterocycles. The van der Waals surface area contributed by atoms with E-state index in [0.29, 0.717) is 11.1 Å². The van der Waals surface area contributed by atoms with Gasteiger partial charge in [0.1, 0.15) is 6.67 Å². The maximum Gasteiger partial charge on any atom is 0.109 e. The first-order valence-electron chi connectivity index (χ1n) is 3.59. The van der Waals surface area contributed by atoms with Gasteiger partial charge in [-0.05, 0) is 17.7 Å². The van der Waals surface area contributed by atoms with Gasteiger partial charge in [-0.15, -0.1) is 12.4 Å². The minimum absolute atomic E-state index is 0. The second-order valence-electron chi connectivity index (χ2n) is 2.50. The van der Waals surface area contributed by atoms with E-state index >= 15 is 0 Å². The second-order valence-corrected chi connectivity index (χ2v) is 2.50. The van der Waals surface area contributed by atoms with Crippen molar-refractivity contribution in [3.8, 4) is 6.07 Å².